The summed E-state index contributed by atoms with van der Waals surface area (Å²) in [6.07, 6.45) is 4.51. The molecule has 18 heteroatoms. The average molecular weight is 1000 g/mol. The molecule has 73 heavy (non-hydrogen) atoms. The van der Waals surface area contributed by atoms with Crippen LogP contribution in [0.4, 0.5) is 21.0 Å². The predicted octanol–water partition coefficient (Wildman–Crippen LogP) is 8.40. The van der Waals surface area contributed by atoms with Gasteiger partial charge in [-0.25, -0.2) is 19.4 Å². The van der Waals surface area contributed by atoms with Gasteiger partial charge in [0.05, 0.1) is 76.2 Å². The van der Waals surface area contributed by atoms with Gasteiger partial charge in [0.15, 0.2) is 35.5 Å². The first-order valence-corrected chi connectivity index (χ1v) is 23.7. The van der Waals surface area contributed by atoms with Crippen molar-refractivity contribution in [2.75, 3.05) is 92.0 Å². The van der Waals surface area contributed by atoms with Crippen LogP contribution in [0.25, 0.3) is 11.1 Å². The van der Waals surface area contributed by atoms with Gasteiger partial charge in [-0.1, -0.05) is 61.7 Å². The Morgan fingerprint density at radius 1 is 0.562 bits per heavy atom. The number of anilines is 2. The first kappa shape index (κ1) is 51.4. The number of hydrogen-bond acceptors (Lipinski definition) is 14. The van der Waals surface area contributed by atoms with Gasteiger partial charge in [-0.05, 0) is 71.5 Å². The molecule has 4 heterocycles. The van der Waals surface area contributed by atoms with Crippen LogP contribution >= 0.6 is 0 Å². The van der Waals surface area contributed by atoms with E-state index < -0.39 is 36.7 Å². The normalized spacial score (nSPS) is 19.0. The van der Waals surface area contributed by atoms with Crippen molar-refractivity contribution in [1.29, 1.82) is 0 Å². The van der Waals surface area contributed by atoms with Gasteiger partial charge < -0.3 is 57.2 Å². The largest absolute Gasteiger partial charge is 0.497 e. The molecule has 4 aromatic carbocycles. The van der Waals surface area contributed by atoms with Crippen LogP contribution in [-0.4, -0.2) is 141 Å². The van der Waals surface area contributed by atoms with Crippen molar-refractivity contribution in [2.45, 2.75) is 43.8 Å². The highest BCUT2D eigenvalue weighted by atomic mass is 16.6. The highest BCUT2D eigenvalue weighted by Gasteiger charge is 2.47. The molecule has 0 fully saturated rings. The molecule has 384 valence electrons. The summed E-state index contributed by atoms with van der Waals surface area (Å²) in [4.78, 5) is 63.3. The molecule has 0 aromatic heterocycles. The van der Waals surface area contributed by atoms with Crippen LogP contribution in [0.5, 0.6) is 34.5 Å². The Morgan fingerprint density at radius 3 is 1.30 bits per heavy atom. The van der Waals surface area contributed by atoms with Gasteiger partial charge in [0.25, 0.3) is 11.8 Å². The van der Waals surface area contributed by atoms with E-state index in [4.69, 9.17) is 47.4 Å². The molecule has 4 aliphatic heterocycles. The minimum absolute atomic E-state index is 0.0826. The van der Waals surface area contributed by atoms with Crippen molar-refractivity contribution in [1.82, 2.24) is 9.80 Å². The molecule has 0 saturated heterocycles. The second-order valence-electron chi connectivity index (χ2n) is 17.2. The van der Waals surface area contributed by atoms with Gasteiger partial charge in [-0.3, -0.25) is 9.59 Å². The zero-order valence-corrected chi connectivity index (χ0v) is 41.8. The molecule has 0 radical (unpaired) electrons. The smallest absolute Gasteiger partial charge is 0.416 e. The summed E-state index contributed by atoms with van der Waals surface area (Å²) in [5, 5.41) is 0. The predicted molar refractivity (Wildman–Crippen MR) is 272 cm³/mol. The highest BCUT2D eigenvalue weighted by molar-refractivity contribution is 6.07. The van der Waals surface area contributed by atoms with E-state index in [1.807, 2.05) is 60.7 Å². The first-order chi connectivity index (χ1) is 35.5. The molecule has 4 aromatic rings. The third-order valence-corrected chi connectivity index (χ3v) is 13.2. The van der Waals surface area contributed by atoms with Crippen molar-refractivity contribution < 1.29 is 66.5 Å². The van der Waals surface area contributed by atoms with Crippen molar-refractivity contribution in [3.63, 3.8) is 0 Å². The molecular formula is C55H60N4O14. The van der Waals surface area contributed by atoms with Crippen LogP contribution in [0, 0.1) is 0 Å². The van der Waals surface area contributed by atoms with Gasteiger partial charge >= 0.3 is 12.2 Å². The van der Waals surface area contributed by atoms with Crippen LogP contribution in [0.3, 0.4) is 0 Å². The maximum absolute atomic E-state index is 14.6. The molecule has 4 amide bonds. The third kappa shape index (κ3) is 10.4. The van der Waals surface area contributed by atoms with Gasteiger partial charge in [-0.15, -0.1) is 0 Å². The van der Waals surface area contributed by atoms with E-state index in [0.717, 1.165) is 22.3 Å². The molecule has 4 aliphatic rings. The summed E-state index contributed by atoms with van der Waals surface area (Å²) < 4.78 is 58.3. The lowest BCUT2D eigenvalue weighted by molar-refractivity contribution is 0.0175. The maximum Gasteiger partial charge on any atom is 0.416 e. The summed E-state index contributed by atoms with van der Waals surface area (Å²) in [6, 6.07) is 20.3. The van der Waals surface area contributed by atoms with Crippen molar-refractivity contribution in [3.05, 3.63) is 133 Å². The quantitative estimate of drug-likeness (QED) is 0.0687. The minimum Gasteiger partial charge on any atom is -0.497 e. The molecule has 4 atom stereocenters. The Bertz CT molecular complexity index is 2590. The van der Waals surface area contributed by atoms with E-state index in [9.17, 15) is 19.2 Å². The molecule has 0 saturated carbocycles. The zero-order valence-electron chi connectivity index (χ0n) is 41.8. The van der Waals surface area contributed by atoms with Crippen LogP contribution in [-0.2, 0) is 18.9 Å². The minimum atomic E-state index is -0.973. The first-order valence-electron chi connectivity index (χ1n) is 23.7. The number of methoxy groups -OCH3 is 6. The molecule has 0 N–H and O–H groups in total. The van der Waals surface area contributed by atoms with E-state index in [1.54, 1.807) is 48.3 Å². The molecule has 18 nitrogen and oxygen atoms in total. The fraction of sp³-hybridized carbons (Fsp3) is 0.345. The molecule has 8 rings (SSSR count). The molecular weight excluding hydrogens is 941 g/mol. The Kier molecular flexibility index (Phi) is 16.2. The SMILES string of the molecule is C=CCOC(=O)N1c2cc(OCCCOc3cc4c(cc3OC)C(=O)N3CC=C(c5ccc(OC)cc5)C[C@H]3C(OC)N4C(=O)OCC=C)c(OC)cc2C(=O)N2CC=C(c3ccc(OC)cc3)C[C@@H]2C1OC. The van der Waals surface area contributed by atoms with Gasteiger partial charge in [0.2, 0.25) is 0 Å². The lowest BCUT2D eigenvalue weighted by atomic mass is 9.92. The van der Waals surface area contributed by atoms with Gasteiger partial charge in [0, 0.05) is 45.9 Å². The monoisotopic (exact) mass is 1000 g/mol. The van der Waals surface area contributed by atoms with E-state index in [1.165, 1.54) is 50.4 Å². The second-order valence-corrected chi connectivity index (χ2v) is 17.2. The Hall–Kier alpha value is -7.96. The topological polar surface area (TPSA) is 174 Å². The zero-order chi connectivity index (χ0) is 51.8. The number of ether oxygens (including phenoxy) is 10. The number of fused-ring (bicyclic) bond motifs is 4. The fourth-order valence-corrected chi connectivity index (χ4v) is 9.65. The molecule has 2 unspecified atom stereocenters. The standard InChI is InChI=1S/C55H60N4O14/c1-9-24-72-54(62)58-42-32-48(46(66-5)30-40(42)50(60)56-22-20-36(28-44(56)52(58)68-7)34-12-16-38(64-3)17-13-34)70-26-11-27-71-49-33-43-41(31-47(49)67-6)51(61)57-23-21-37(35-14-18-39(65-4)19-15-35)29-45(57)53(69-8)59(43)55(63)73-25-10-2/h9-10,12-21,30-33,44-45,52-53H,1-2,11,22-29H2,3-8H3/t44-,45+,52?,53?. The van der Waals surface area contributed by atoms with Crippen LogP contribution in [0.15, 0.2) is 110 Å². The summed E-state index contributed by atoms with van der Waals surface area (Å²) in [5.74, 6) is 1.73. The number of carbonyl (C=O) groups excluding carboxylic acids is 4. The number of carbonyl (C=O) groups is 4. The van der Waals surface area contributed by atoms with E-state index in [2.05, 4.69) is 13.2 Å². The second kappa shape index (κ2) is 23.1. The van der Waals surface area contributed by atoms with Gasteiger partial charge in [0.1, 0.15) is 24.7 Å². The average Bonchev–Trinajstić information content (AvgIpc) is 3.59. The lowest BCUT2D eigenvalue weighted by Crippen LogP contribution is -2.55. The van der Waals surface area contributed by atoms with Crippen molar-refractivity contribution >= 4 is 46.5 Å². The molecule has 0 aliphatic carbocycles. The van der Waals surface area contributed by atoms with E-state index >= 15 is 0 Å². The summed E-state index contributed by atoms with van der Waals surface area (Å²) in [7, 11) is 9.10. The highest BCUT2D eigenvalue weighted by Crippen LogP contribution is 2.45. The summed E-state index contributed by atoms with van der Waals surface area (Å²) >= 11 is 0. The number of rotatable bonds is 18. The molecule has 0 spiro atoms. The summed E-state index contributed by atoms with van der Waals surface area (Å²) in [6.45, 7) is 7.89. The van der Waals surface area contributed by atoms with Crippen molar-refractivity contribution in [3.8, 4) is 34.5 Å². The third-order valence-electron chi connectivity index (χ3n) is 13.2. The van der Waals surface area contributed by atoms with Crippen LogP contribution in [0.1, 0.15) is 51.1 Å². The Balaban J connectivity index is 1.03. The fourth-order valence-electron chi connectivity index (χ4n) is 9.65. The number of hydrogen-bond donors (Lipinski definition) is 0. The maximum atomic E-state index is 14.6. The van der Waals surface area contributed by atoms with Crippen molar-refractivity contribution in [2.24, 2.45) is 0 Å². The van der Waals surface area contributed by atoms with Gasteiger partial charge in [-0.2, -0.15) is 0 Å². The molecule has 0 bridgehead atoms. The van der Waals surface area contributed by atoms with E-state index in [-0.39, 0.29) is 96.8 Å². The van der Waals surface area contributed by atoms with E-state index in [0.29, 0.717) is 30.8 Å². The van der Waals surface area contributed by atoms with Crippen LogP contribution < -0.4 is 38.2 Å². The number of nitrogens with zero attached hydrogens (tertiary/aromatic N) is 4. The van der Waals surface area contributed by atoms with Crippen LogP contribution in [0.2, 0.25) is 0 Å². The Labute approximate surface area is 424 Å². The lowest BCUT2D eigenvalue weighted by Gasteiger charge is -2.40. The Morgan fingerprint density at radius 2 is 0.959 bits per heavy atom. The number of amides is 4. The summed E-state index contributed by atoms with van der Waals surface area (Å²) in [5.41, 5.74) is 4.62. The number of benzene rings is 4.